The minimum Gasteiger partial charge on any atom is -0.339 e. The maximum absolute atomic E-state index is 5.85. The lowest BCUT2D eigenvalue weighted by Gasteiger charge is -2.09. The van der Waals surface area contributed by atoms with Gasteiger partial charge in [-0.1, -0.05) is 36.3 Å². The summed E-state index contributed by atoms with van der Waals surface area (Å²) in [5.41, 5.74) is 8.06. The Morgan fingerprint density at radius 3 is 2.40 bits per heavy atom. The first-order valence-corrected chi connectivity index (χ1v) is 6.80. The van der Waals surface area contributed by atoms with Crippen LogP contribution in [0.25, 0.3) is 11.4 Å². The molecule has 0 saturated carbocycles. The smallest absolute Gasteiger partial charge is 0.231 e. The van der Waals surface area contributed by atoms with Crippen LogP contribution in [0.4, 0.5) is 0 Å². The zero-order valence-electron chi connectivity index (χ0n) is 12.5. The molecule has 0 fully saturated rings. The predicted molar refractivity (Wildman–Crippen MR) is 79.2 cm³/mol. The van der Waals surface area contributed by atoms with E-state index in [0.717, 1.165) is 12.1 Å². The van der Waals surface area contributed by atoms with Crippen molar-refractivity contribution >= 4 is 0 Å². The minimum atomic E-state index is -0.00855. The second-order valence-corrected chi connectivity index (χ2v) is 5.54. The molecule has 2 rings (SSSR count). The van der Waals surface area contributed by atoms with Gasteiger partial charge in [0.2, 0.25) is 11.7 Å². The molecule has 0 aliphatic rings. The topological polar surface area (TPSA) is 68.2 Å². The van der Waals surface area contributed by atoms with Crippen molar-refractivity contribution in [3.05, 3.63) is 35.7 Å². The van der Waals surface area contributed by atoms with Crippen LogP contribution < -0.4 is 5.73 Å². The molecule has 0 radical (unpaired) electrons. The lowest BCUT2D eigenvalue weighted by molar-refractivity contribution is 0.346. The molecule has 0 amide bonds. The number of hydrogen-bond donors (Lipinski definition) is 1. The molecular weight excluding hydrogens is 252 g/mol. The maximum Gasteiger partial charge on any atom is 0.231 e. The van der Waals surface area contributed by atoms with Crippen LogP contribution in [0.15, 0.2) is 28.8 Å². The normalized spacial score (nSPS) is 14.5. The maximum atomic E-state index is 5.85. The molecule has 5 nitrogen and oxygen atoms in total. The minimum absolute atomic E-state index is 0.00855. The van der Waals surface area contributed by atoms with Crippen LogP contribution in [0.5, 0.6) is 0 Å². The Morgan fingerprint density at radius 2 is 1.85 bits per heavy atom. The summed E-state index contributed by atoms with van der Waals surface area (Å²) in [5, 5.41) is 4.03. The fourth-order valence-electron chi connectivity index (χ4n) is 1.89. The molecule has 0 spiro atoms. The van der Waals surface area contributed by atoms with Crippen LogP contribution in [-0.4, -0.2) is 35.2 Å². The highest BCUT2D eigenvalue weighted by molar-refractivity contribution is 5.54. The molecule has 2 N–H and O–H groups in total. The highest BCUT2D eigenvalue weighted by Crippen LogP contribution is 2.21. The van der Waals surface area contributed by atoms with Gasteiger partial charge in [-0.2, -0.15) is 4.98 Å². The molecule has 0 aliphatic heterocycles. The summed E-state index contributed by atoms with van der Waals surface area (Å²) in [7, 11) is 4.10. The fourth-order valence-corrected chi connectivity index (χ4v) is 1.89. The van der Waals surface area contributed by atoms with Crippen molar-refractivity contribution in [1.29, 1.82) is 0 Å². The summed E-state index contributed by atoms with van der Waals surface area (Å²) in [4.78, 5) is 6.55. The quantitative estimate of drug-likeness (QED) is 0.905. The standard InChI is InChI=1S/C15H22N4O/c1-10(11(2)16)15-17-14(18-20-15)13-7-5-12(6-8-13)9-19(3)4/h5-8,10-11H,9,16H2,1-4H3. The Labute approximate surface area is 119 Å². The zero-order valence-corrected chi connectivity index (χ0v) is 12.5. The molecule has 0 saturated heterocycles. The number of aromatic nitrogens is 2. The van der Waals surface area contributed by atoms with E-state index in [0.29, 0.717) is 11.7 Å². The van der Waals surface area contributed by atoms with Crippen LogP contribution in [0.1, 0.15) is 31.2 Å². The van der Waals surface area contributed by atoms with Gasteiger partial charge in [-0.05, 0) is 26.6 Å². The van der Waals surface area contributed by atoms with Gasteiger partial charge < -0.3 is 15.2 Å². The summed E-state index contributed by atoms with van der Waals surface area (Å²) in [6, 6.07) is 8.19. The average Bonchev–Trinajstić information content (AvgIpc) is 2.87. The van der Waals surface area contributed by atoms with Crippen molar-refractivity contribution < 1.29 is 4.52 Å². The third-order valence-corrected chi connectivity index (χ3v) is 3.33. The molecular formula is C15H22N4O. The number of rotatable bonds is 5. The van der Waals surface area contributed by atoms with Crippen molar-refractivity contribution in [2.24, 2.45) is 5.73 Å². The largest absolute Gasteiger partial charge is 0.339 e. The van der Waals surface area contributed by atoms with Gasteiger partial charge in [-0.15, -0.1) is 0 Å². The van der Waals surface area contributed by atoms with Gasteiger partial charge in [-0.25, -0.2) is 0 Å². The van der Waals surface area contributed by atoms with Gasteiger partial charge in [0.1, 0.15) is 0 Å². The Balaban J connectivity index is 2.16. The first-order chi connectivity index (χ1) is 9.47. The molecule has 0 bridgehead atoms. The van der Waals surface area contributed by atoms with Crippen LogP contribution >= 0.6 is 0 Å². The Morgan fingerprint density at radius 1 is 1.20 bits per heavy atom. The number of nitrogens with zero attached hydrogens (tertiary/aromatic N) is 3. The number of nitrogens with two attached hydrogens (primary N) is 1. The molecule has 0 aliphatic carbocycles. The van der Waals surface area contributed by atoms with Crippen LogP contribution in [0.3, 0.4) is 0 Å². The lowest BCUT2D eigenvalue weighted by atomic mass is 10.1. The van der Waals surface area contributed by atoms with Gasteiger partial charge >= 0.3 is 0 Å². The summed E-state index contributed by atoms with van der Waals surface area (Å²) < 4.78 is 5.29. The monoisotopic (exact) mass is 274 g/mol. The van der Waals surface area contributed by atoms with Crippen molar-refractivity contribution in [2.45, 2.75) is 32.4 Å². The van der Waals surface area contributed by atoms with Gasteiger partial charge in [-0.3, -0.25) is 0 Å². The summed E-state index contributed by atoms with van der Waals surface area (Å²) in [6.07, 6.45) is 0. The van der Waals surface area contributed by atoms with E-state index in [1.807, 2.05) is 26.0 Å². The SMILES string of the molecule is CC(N)C(C)c1nc(-c2ccc(CN(C)C)cc2)no1. The van der Waals surface area contributed by atoms with E-state index in [4.69, 9.17) is 10.3 Å². The van der Waals surface area contributed by atoms with Gasteiger partial charge in [0.25, 0.3) is 0 Å². The van der Waals surface area contributed by atoms with Gasteiger partial charge in [0, 0.05) is 18.2 Å². The van der Waals surface area contributed by atoms with Crippen molar-refractivity contribution in [1.82, 2.24) is 15.0 Å². The van der Waals surface area contributed by atoms with E-state index in [9.17, 15) is 0 Å². The third kappa shape index (κ3) is 3.43. The molecule has 108 valence electrons. The summed E-state index contributed by atoms with van der Waals surface area (Å²) in [5.74, 6) is 1.26. The first kappa shape index (κ1) is 14.7. The molecule has 1 aromatic heterocycles. The Bertz CT molecular complexity index is 545. The van der Waals surface area contributed by atoms with Gasteiger partial charge in [0.15, 0.2) is 0 Å². The Kier molecular flexibility index (Phi) is 4.52. The van der Waals surface area contributed by atoms with E-state index < -0.39 is 0 Å². The van der Waals surface area contributed by atoms with E-state index >= 15 is 0 Å². The lowest BCUT2D eigenvalue weighted by Crippen LogP contribution is -2.22. The summed E-state index contributed by atoms with van der Waals surface area (Å²) in [6.45, 7) is 4.84. The highest BCUT2D eigenvalue weighted by atomic mass is 16.5. The average molecular weight is 274 g/mol. The van der Waals surface area contributed by atoms with Gasteiger partial charge in [0.05, 0.1) is 5.92 Å². The van der Waals surface area contributed by atoms with Crippen LogP contribution in [-0.2, 0) is 6.54 Å². The second-order valence-electron chi connectivity index (χ2n) is 5.54. The van der Waals surface area contributed by atoms with E-state index in [1.54, 1.807) is 0 Å². The van der Waals surface area contributed by atoms with E-state index in [-0.39, 0.29) is 12.0 Å². The molecule has 20 heavy (non-hydrogen) atoms. The Hall–Kier alpha value is -1.72. The fraction of sp³-hybridized carbons (Fsp3) is 0.467. The molecule has 5 heteroatoms. The van der Waals surface area contributed by atoms with E-state index in [1.165, 1.54) is 5.56 Å². The first-order valence-electron chi connectivity index (χ1n) is 6.80. The van der Waals surface area contributed by atoms with Crippen molar-refractivity contribution in [2.75, 3.05) is 14.1 Å². The molecule has 1 aromatic carbocycles. The highest BCUT2D eigenvalue weighted by Gasteiger charge is 2.18. The zero-order chi connectivity index (χ0) is 14.7. The van der Waals surface area contributed by atoms with Crippen molar-refractivity contribution in [3.8, 4) is 11.4 Å². The summed E-state index contributed by atoms with van der Waals surface area (Å²) >= 11 is 0. The molecule has 1 heterocycles. The van der Waals surface area contributed by atoms with Crippen LogP contribution in [0.2, 0.25) is 0 Å². The van der Waals surface area contributed by atoms with Crippen molar-refractivity contribution in [3.63, 3.8) is 0 Å². The predicted octanol–water partition coefficient (Wildman–Crippen LogP) is 2.25. The van der Waals surface area contributed by atoms with E-state index in [2.05, 4.69) is 41.3 Å². The molecule has 2 aromatic rings. The molecule has 2 atom stereocenters. The molecule has 2 unspecified atom stereocenters. The second kappa shape index (κ2) is 6.15. The third-order valence-electron chi connectivity index (χ3n) is 3.33. The number of hydrogen-bond acceptors (Lipinski definition) is 5. The number of benzene rings is 1. The van der Waals surface area contributed by atoms with Crippen LogP contribution in [0, 0.1) is 0 Å².